The van der Waals surface area contributed by atoms with E-state index in [0.29, 0.717) is 12.4 Å². The number of Topliss-reactive ketones (excluding diaryl/α,β-unsaturated/α-hetero) is 1. The van der Waals surface area contributed by atoms with Gasteiger partial charge < -0.3 is 5.11 Å². The highest BCUT2D eigenvalue weighted by Gasteiger charge is 2.27. The van der Waals surface area contributed by atoms with E-state index >= 15 is 0 Å². The number of unbranched alkanes of at least 4 members (excludes halogenated alkanes) is 13. The largest absolute Gasteiger partial charge is 0.396 e. The fourth-order valence-electron chi connectivity index (χ4n) is 4.23. The van der Waals surface area contributed by atoms with E-state index in [1.165, 1.54) is 89.9 Å². The zero-order chi connectivity index (χ0) is 19.1. The van der Waals surface area contributed by atoms with Gasteiger partial charge in [-0.3, -0.25) is 4.79 Å². The summed E-state index contributed by atoms with van der Waals surface area (Å²) in [7, 11) is 0. The molecular weight excluding hydrogens is 320 g/mol. The van der Waals surface area contributed by atoms with Crippen molar-refractivity contribution in [2.24, 2.45) is 5.41 Å². The van der Waals surface area contributed by atoms with Gasteiger partial charge in [0.25, 0.3) is 0 Å². The first-order valence-electron chi connectivity index (χ1n) is 11.4. The number of rotatable bonds is 16. The summed E-state index contributed by atoms with van der Waals surface area (Å²) >= 11 is 0. The molecule has 0 bridgehead atoms. The minimum absolute atomic E-state index is 0.274. The Hall–Kier alpha value is -0.630. The SMILES string of the molecule is CC1=CC(C)(CCCCCCCCCCCCCCCCO)CCC1=O. The molecule has 0 radical (unpaired) electrons. The fraction of sp³-hybridized carbons (Fsp3) is 0.875. The smallest absolute Gasteiger partial charge is 0.158 e. The van der Waals surface area contributed by atoms with Crippen LogP contribution in [0.4, 0.5) is 0 Å². The summed E-state index contributed by atoms with van der Waals surface area (Å²) in [4.78, 5) is 11.6. The quantitative estimate of drug-likeness (QED) is 0.295. The van der Waals surface area contributed by atoms with Crippen molar-refractivity contribution in [1.82, 2.24) is 0 Å². The molecule has 0 fully saturated rings. The van der Waals surface area contributed by atoms with Crippen molar-refractivity contribution in [3.8, 4) is 0 Å². The van der Waals surface area contributed by atoms with E-state index in [-0.39, 0.29) is 5.41 Å². The lowest BCUT2D eigenvalue weighted by Gasteiger charge is -2.30. The molecule has 0 aromatic heterocycles. The lowest BCUT2D eigenvalue weighted by Crippen LogP contribution is -2.22. The molecule has 1 rings (SSSR count). The van der Waals surface area contributed by atoms with E-state index in [1.54, 1.807) is 0 Å². The third kappa shape index (κ3) is 11.2. The summed E-state index contributed by atoms with van der Waals surface area (Å²) in [6, 6.07) is 0. The molecule has 0 saturated carbocycles. The van der Waals surface area contributed by atoms with Crippen LogP contribution < -0.4 is 0 Å². The zero-order valence-electron chi connectivity index (χ0n) is 17.7. The molecule has 0 aromatic carbocycles. The maximum absolute atomic E-state index is 11.6. The molecule has 26 heavy (non-hydrogen) atoms. The van der Waals surface area contributed by atoms with Crippen molar-refractivity contribution < 1.29 is 9.90 Å². The lowest BCUT2D eigenvalue weighted by atomic mass is 9.74. The Balaban J connectivity index is 1.85. The molecule has 1 atom stereocenters. The van der Waals surface area contributed by atoms with Crippen molar-refractivity contribution in [3.63, 3.8) is 0 Å². The first-order chi connectivity index (χ1) is 12.6. The number of hydrogen-bond acceptors (Lipinski definition) is 2. The van der Waals surface area contributed by atoms with Crippen LogP contribution in [0.15, 0.2) is 11.6 Å². The number of allylic oxidation sites excluding steroid dienone is 2. The summed E-state index contributed by atoms with van der Waals surface area (Å²) in [6.07, 6.45) is 23.9. The minimum Gasteiger partial charge on any atom is -0.396 e. The number of aliphatic hydroxyl groups is 1. The minimum atomic E-state index is 0.274. The van der Waals surface area contributed by atoms with Crippen molar-refractivity contribution in [2.45, 2.75) is 123 Å². The predicted octanol–water partition coefficient (Wildman–Crippen LogP) is 7.15. The molecule has 0 amide bonds. The van der Waals surface area contributed by atoms with Gasteiger partial charge in [-0.1, -0.05) is 96.5 Å². The highest BCUT2D eigenvalue weighted by molar-refractivity contribution is 5.95. The van der Waals surface area contributed by atoms with Crippen LogP contribution in [-0.4, -0.2) is 17.5 Å². The Morgan fingerprint density at radius 2 is 1.23 bits per heavy atom. The summed E-state index contributed by atoms with van der Waals surface area (Å²) in [5.41, 5.74) is 1.26. The van der Waals surface area contributed by atoms with E-state index in [4.69, 9.17) is 5.11 Å². The van der Waals surface area contributed by atoms with Crippen molar-refractivity contribution in [1.29, 1.82) is 0 Å². The van der Waals surface area contributed by atoms with Crippen LogP contribution in [-0.2, 0) is 4.79 Å². The highest BCUT2D eigenvalue weighted by Crippen LogP contribution is 2.36. The Morgan fingerprint density at radius 3 is 1.65 bits per heavy atom. The number of aliphatic hydroxyl groups excluding tert-OH is 1. The first-order valence-corrected chi connectivity index (χ1v) is 11.4. The Labute approximate surface area is 162 Å². The molecule has 2 nitrogen and oxygen atoms in total. The summed E-state index contributed by atoms with van der Waals surface area (Å²) in [5, 5.41) is 8.73. The Bertz CT molecular complexity index is 399. The van der Waals surface area contributed by atoms with E-state index in [1.807, 2.05) is 6.92 Å². The van der Waals surface area contributed by atoms with Crippen LogP contribution in [0.3, 0.4) is 0 Å². The van der Waals surface area contributed by atoms with Gasteiger partial charge in [0, 0.05) is 13.0 Å². The third-order valence-corrected chi connectivity index (χ3v) is 6.08. The fourth-order valence-corrected chi connectivity index (χ4v) is 4.23. The average Bonchev–Trinajstić information content (AvgIpc) is 2.62. The van der Waals surface area contributed by atoms with Gasteiger partial charge in [0.15, 0.2) is 5.78 Å². The molecule has 1 N–H and O–H groups in total. The van der Waals surface area contributed by atoms with Gasteiger partial charge in [-0.05, 0) is 37.2 Å². The molecular formula is C24H44O2. The zero-order valence-corrected chi connectivity index (χ0v) is 17.7. The topological polar surface area (TPSA) is 37.3 Å². The van der Waals surface area contributed by atoms with Crippen LogP contribution in [0.1, 0.15) is 123 Å². The van der Waals surface area contributed by atoms with Crippen LogP contribution in [0.5, 0.6) is 0 Å². The normalized spacial score (nSPS) is 20.4. The second kappa shape index (κ2) is 14.4. The van der Waals surface area contributed by atoms with Crippen molar-refractivity contribution in [3.05, 3.63) is 11.6 Å². The maximum Gasteiger partial charge on any atom is 0.158 e. The summed E-state index contributed by atoms with van der Waals surface area (Å²) < 4.78 is 0. The van der Waals surface area contributed by atoms with Gasteiger partial charge in [-0.2, -0.15) is 0 Å². The molecule has 0 aliphatic heterocycles. The predicted molar refractivity (Wildman–Crippen MR) is 112 cm³/mol. The monoisotopic (exact) mass is 364 g/mol. The number of carbonyl (C=O) groups is 1. The average molecular weight is 365 g/mol. The molecule has 0 aromatic rings. The third-order valence-electron chi connectivity index (χ3n) is 6.08. The van der Waals surface area contributed by atoms with Crippen LogP contribution >= 0.6 is 0 Å². The van der Waals surface area contributed by atoms with E-state index in [0.717, 1.165) is 24.8 Å². The lowest BCUT2D eigenvalue weighted by molar-refractivity contribution is -0.116. The van der Waals surface area contributed by atoms with E-state index in [9.17, 15) is 4.79 Å². The molecule has 0 saturated heterocycles. The summed E-state index contributed by atoms with van der Waals surface area (Å²) in [6.45, 7) is 4.67. The Morgan fingerprint density at radius 1 is 0.808 bits per heavy atom. The second-order valence-corrected chi connectivity index (χ2v) is 8.83. The molecule has 1 unspecified atom stereocenters. The van der Waals surface area contributed by atoms with Gasteiger partial charge in [0.05, 0.1) is 0 Å². The van der Waals surface area contributed by atoms with E-state index in [2.05, 4.69) is 13.0 Å². The number of carbonyl (C=O) groups excluding carboxylic acids is 1. The van der Waals surface area contributed by atoms with Gasteiger partial charge in [0.1, 0.15) is 0 Å². The Kier molecular flexibility index (Phi) is 13.0. The number of ketones is 1. The van der Waals surface area contributed by atoms with Gasteiger partial charge in [0.2, 0.25) is 0 Å². The summed E-state index contributed by atoms with van der Waals surface area (Å²) in [5.74, 6) is 0.351. The number of hydrogen-bond donors (Lipinski definition) is 1. The van der Waals surface area contributed by atoms with Gasteiger partial charge in [-0.25, -0.2) is 0 Å². The standard InChI is InChI=1S/C24H44O2/c1-22-21-24(2,19-17-23(22)26)18-15-13-11-9-7-5-3-4-6-8-10-12-14-16-20-25/h21,25H,3-20H2,1-2H3. The van der Waals surface area contributed by atoms with Crippen molar-refractivity contribution in [2.75, 3.05) is 6.61 Å². The molecule has 0 heterocycles. The maximum atomic E-state index is 11.6. The highest BCUT2D eigenvalue weighted by atomic mass is 16.2. The molecule has 2 heteroatoms. The van der Waals surface area contributed by atoms with Gasteiger partial charge >= 0.3 is 0 Å². The van der Waals surface area contributed by atoms with Crippen LogP contribution in [0.25, 0.3) is 0 Å². The molecule has 1 aliphatic rings. The molecule has 152 valence electrons. The second-order valence-electron chi connectivity index (χ2n) is 8.83. The molecule has 1 aliphatic carbocycles. The van der Waals surface area contributed by atoms with Crippen LogP contribution in [0, 0.1) is 5.41 Å². The van der Waals surface area contributed by atoms with Gasteiger partial charge in [-0.15, -0.1) is 0 Å². The first kappa shape index (κ1) is 23.4. The van der Waals surface area contributed by atoms with Crippen molar-refractivity contribution >= 4 is 5.78 Å². The molecule has 0 spiro atoms. The van der Waals surface area contributed by atoms with Crippen LogP contribution in [0.2, 0.25) is 0 Å². The van der Waals surface area contributed by atoms with E-state index < -0.39 is 0 Å².